The van der Waals surface area contributed by atoms with Crippen LogP contribution in [0.4, 0.5) is 0 Å². The van der Waals surface area contributed by atoms with Gasteiger partial charge in [0.1, 0.15) is 5.75 Å². The lowest BCUT2D eigenvalue weighted by Crippen LogP contribution is -2.42. The molecule has 0 aromatic heterocycles. The van der Waals surface area contributed by atoms with Crippen molar-refractivity contribution in [1.82, 2.24) is 9.80 Å². The fourth-order valence-corrected chi connectivity index (χ4v) is 4.52. The monoisotopic (exact) mass is 432 g/mol. The van der Waals surface area contributed by atoms with E-state index in [1.807, 2.05) is 55.6 Å². The fourth-order valence-electron chi connectivity index (χ4n) is 4.52. The van der Waals surface area contributed by atoms with Gasteiger partial charge < -0.3 is 14.7 Å². The Balaban J connectivity index is 1.28. The molecule has 1 saturated heterocycles. The number of rotatable bonds is 7. The summed E-state index contributed by atoms with van der Waals surface area (Å²) >= 11 is 0. The smallest absolute Gasteiger partial charge is 0.236 e. The molecule has 0 radical (unpaired) electrons. The molecule has 5 heteroatoms. The number of methoxy groups -OCH3 is 1. The normalized spacial score (nSPS) is 16.1. The van der Waals surface area contributed by atoms with E-state index in [1.54, 1.807) is 12.0 Å². The van der Waals surface area contributed by atoms with Gasteiger partial charge in [0.15, 0.2) is 0 Å². The molecule has 1 N–H and O–H groups in total. The number of hydrogen-bond donors (Lipinski definition) is 1. The highest BCUT2D eigenvalue weighted by molar-refractivity contribution is 5.84. The second kappa shape index (κ2) is 10.2. The first-order valence-electron chi connectivity index (χ1n) is 11.3. The number of aliphatic hydroxyl groups is 1. The van der Waals surface area contributed by atoms with Crippen molar-refractivity contribution in [1.29, 1.82) is 0 Å². The van der Waals surface area contributed by atoms with Gasteiger partial charge in [0.2, 0.25) is 5.91 Å². The van der Waals surface area contributed by atoms with E-state index in [4.69, 9.17) is 4.74 Å². The molecule has 1 heterocycles. The van der Waals surface area contributed by atoms with E-state index < -0.39 is 6.10 Å². The minimum Gasteiger partial charge on any atom is -0.497 e. The van der Waals surface area contributed by atoms with Gasteiger partial charge in [-0.1, -0.05) is 48.5 Å². The number of hydrogen-bond acceptors (Lipinski definition) is 4. The zero-order valence-electron chi connectivity index (χ0n) is 18.9. The molecular formula is C27H32N2O3. The second-order valence-electron chi connectivity index (χ2n) is 8.77. The number of fused-ring (bicyclic) bond motifs is 1. The summed E-state index contributed by atoms with van der Waals surface area (Å²) in [6, 6.07) is 22.2. The Morgan fingerprint density at radius 3 is 2.47 bits per heavy atom. The number of nitrogens with zero attached hydrogens (tertiary/aromatic N) is 2. The van der Waals surface area contributed by atoms with Crippen LogP contribution in [0.1, 0.15) is 30.1 Å². The third-order valence-corrected chi connectivity index (χ3v) is 6.54. The molecular weight excluding hydrogens is 400 g/mol. The number of likely N-dealkylation sites (N-methyl/N-ethyl adjacent to an activating group) is 1. The highest BCUT2D eigenvalue weighted by Gasteiger charge is 2.27. The average molecular weight is 433 g/mol. The van der Waals surface area contributed by atoms with Crippen LogP contribution in [0.2, 0.25) is 0 Å². The molecule has 0 bridgehead atoms. The van der Waals surface area contributed by atoms with Gasteiger partial charge in [-0.2, -0.15) is 0 Å². The van der Waals surface area contributed by atoms with Gasteiger partial charge in [-0.05, 0) is 71.9 Å². The number of carbonyl (C=O) groups is 1. The topological polar surface area (TPSA) is 53.0 Å². The largest absolute Gasteiger partial charge is 0.497 e. The van der Waals surface area contributed by atoms with Gasteiger partial charge in [0, 0.05) is 13.6 Å². The van der Waals surface area contributed by atoms with Crippen molar-refractivity contribution in [2.75, 3.05) is 33.8 Å². The average Bonchev–Trinajstić information content (AvgIpc) is 2.84. The van der Waals surface area contributed by atoms with E-state index in [2.05, 4.69) is 23.1 Å². The third-order valence-electron chi connectivity index (χ3n) is 6.54. The first kappa shape index (κ1) is 22.3. The molecule has 1 unspecified atom stereocenters. The minimum absolute atomic E-state index is 0.127. The van der Waals surface area contributed by atoms with Gasteiger partial charge >= 0.3 is 0 Å². The highest BCUT2D eigenvalue weighted by atomic mass is 16.5. The first-order valence-corrected chi connectivity index (χ1v) is 11.3. The molecule has 32 heavy (non-hydrogen) atoms. The molecule has 1 aliphatic rings. The molecule has 3 aromatic rings. The summed E-state index contributed by atoms with van der Waals surface area (Å²) in [6.45, 7) is 2.69. The summed E-state index contributed by atoms with van der Waals surface area (Å²) in [4.78, 5) is 16.8. The van der Waals surface area contributed by atoms with Crippen molar-refractivity contribution in [3.8, 4) is 5.75 Å². The van der Waals surface area contributed by atoms with Crippen LogP contribution in [0.3, 0.4) is 0 Å². The van der Waals surface area contributed by atoms with E-state index in [0.29, 0.717) is 13.1 Å². The minimum atomic E-state index is -0.426. The Labute approximate surface area is 190 Å². The van der Waals surface area contributed by atoms with Crippen LogP contribution in [0.15, 0.2) is 66.7 Å². The molecule has 1 fully saturated rings. The van der Waals surface area contributed by atoms with Gasteiger partial charge in [-0.3, -0.25) is 9.69 Å². The van der Waals surface area contributed by atoms with Gasteiger partial charge in [-0.25, -0.2) is 0 Å². The van der Waals surface area contributed by atoms with Crippen LogP contribution in [-0.2, 0) is 11.3 Å². The fraction of sp³-hybridized carbons (Fsp3) is 0.370. The predicted molar refractivity (Wildman–Crippen MR) is 128 cm³/mol. The molecule has 0 saturated carbocycles. The molecule has 0 spiro atoms. The van der Waals surface area contributed by atoms with Crippen LogP contribution in [-0.4, -0.2) is 54.6 Å². The van der Waals surface area contributed by atoms with Crippen LogP contribution in [0.25, 0.3) is 10.8 Å². The number of carbonyl (C=O) groups excluding carboxylic acids is 1. The number of aliphatic hydroxyl groups excluding tert-OH is 1. The number of piperidine rings is 1. The predicted octanol–water partition coefficient (Wildman–Crippen LogP) is 4.25. The quantitative estimate of drug-likeness (QED) is 0.606. The van der Waals surface area contributed by atoms with Crippen molar-refractivity contribution in [3.05, 3.63) is 77.9 Å². The molecule has 1 amide bonds. The lowest BCUT2D eigenvalue weighted by molar-refractivity contribution is -0.132. The van der Waals surface area contributed by atoms with E-state index in [9.17, 15) is 9.90 Å². The molecule has 5 nitrogen and oxygen atoms in total. The lowest BCUT2D eigenvalue weighted by Gasteiger charge is -2.34. The number of ether oxygens (including phenoxy) is 1. The van der Waals surface area contributed by atoms with Gasteiger partial charge in [0.05, 0.1) is 19.8 Å². The van der Waals surface area contributed by atoms with Gasteiger partial charge in [0.25, 0.3) is 0 Å². The maximum Gasteiger partial charge on any atom is 0.236 e. The van der Waals surface area contributed by atoms with Crippen molar-refractivity contribution < 1.29 is 14.6 Å². The van der Waals surface area contributed by atoms with Crippen LogP contribution in [0.5, 0.6) is 5.75 Å². The Kier molecular flexibility index (Phi) is 7.08. The highest BCUT2D eigenvalue weighted by Crippen LogP contribution is 2.30. The van der Waals surface area contributed by atoms with E-state index in [1.165, 1.54) is 0 Å². The van der Waals surface area contributed by atoms with Crippen molar-refractivity contribution in [3.63, 3.8) is 0 Å². The summed E-state index contributed by atoms with van der Waals surface area (Å²) in [5, 5.41) is 12.9. The van der Waals surface area contributed by atoms with E-state index >= 15 is 0 Å². The number of likely N-dealkylation sites (tertiary alicyclic amines) is 1. The first-order chi connectivity index (χ1) is 15.5. The van der Waals surface area contributed by atoms with E-state index in [0.717, 1.165) is 53.6 Å². The zero-order valence-corrected chi connectivity index (χ0v) is 18.9. The van der Waals surface area contributed by atoms with Crippen molar-refractivity contribution >= 4 is 16.7 Å². The standard InChI is InChI=1S/C27H32N2O3/c1-28(18-20-8-9-24-17-25(32-2)11-10-23(24)16-20)26(30)19-29-14-12-22(13-15-29)27(31)21-6-4-3-5-7-21/h3-11,16-17,22,27,31H,12-15,18-19H2,1-2H3. The number of amides is 1. The summed E-state index contributed by atoms with van der Waals surface area (Å²) < 4.78 is 5.29. The maximum absolute atomic E-state index is 12.8. The maximum atomic E-state index is 12.8. The lowest BCUT2D eigenvalue weighted by atomic mass is 9.87. The van der Waals surface area contributed by atoms with Crippen molar-refractivity contribution in [2.24, 2.45) is 5.92 Å². The molecule has 0 aliphatic carbocycles. The SMILES string of the molecule is COc1ccc2cc(CN(C)C(=O)CN3CCC(C(O)c4ccccc4)CC3)ccc2c1. The Morgan fingerprint density at radius 1 is 1.06 bits per heavy atom. The summed E-state index contributed by atoms with van der Waals surface area (Å²) in [6.07, 6.45) is 1.38. The molecule has 1 aliphatic heterocycles. The van der Waals surface area contributed by atoms with E-state index in [-0.39, 0.29) is 11.8 Å². The number of benzene rings is 3. The molecule has 1 atom stereocenters. The summed E-state index contributed by atoms with van der Waals surface area (Å²) in [5.74, 6) is 1.22. The molecule has 168 valence electrons. The molecule has 3 aromatic carbocycles. The summed E-state index contributed by atoms with van der Waals surface area (Å²) in [7, 11) is 3.54. The van der Waals surface area contributed by atoms with Crippen LogP contribution >= 0.6 is 0 Å². The van der Waals surface area contributed by atoms with Gasteiger partial charge in [-0.15, -0.1) is 0 Å². The Bertz CT molecular complexity index is 1050. The third kappa shape index (κ3) is 5.29. The molecule has 4 rings (SSSR count). The van der Waals surface area contributed by atoms with Crippen molar-refractivity contribution in [2.45, 2.75) is 25.5 Å². The second-order valence-corrected chi connectivity index (χ2v) is 8.77. The van der Waals surface area contributed by atoms with Crippen LogP contribution in [0, 0.1) is 5.92 Å². The Morgan fingerprint density at radius 2 is 1.75 bits per heavy atom. The van der Waals surface area contributed by atoms with Crippen LogP contribution < -0.4 is 4.74 Å². The zero-order chi connectivity index (χ0) is 22.5. The summed E-state index contributed by atoms with van der Waals surface area (Å²) in [5.41, 5.74) is 2.10. The Hall–Kier alpha value is -2.89.